The molecule has 2 aromatic rings. The van der Waals surface area contributed by atoms with Crippen LogP contribution in [-0.4, -0.2) is 48.2 Å². The van der Waals surface area contributed by atoms with Crippen molar-refractivity contribution in [3.63, 3.8) is 0 Å². The van der Waals surface area contributed by atoms with Gasteiger partial charge in [-0.25, -0.2) is 22.8 Å². The van der Waals surface area contributed by atoms with Crippen molar-refractivity contribution in [1.82, 2.24) is 14.5 Å². The van der Waals surface area contributed by atoms with Gasteiger partial charge in [-0.15, -0.1) is 0 Å². The van der Waals surface area contributed by atoms with Crippen molar-refractivity contribution in [3.8, 4) is 0 Å². The SMILES string of the molecule is CC1(Cn2nc(C3CC3C(F)(F)F)c(C(F)(F)F)c2C(=O)N=c2ccn(O)c(S(C)(=N)=O)c2)CC(F)(F)C1. The van der Waals surface area contributed by atoms with Crippen LogP contribution in [0.5, 0.6) is 0 Å². The first-order chi connectivity index (χ1) is 17.1. The number of pyridine rings is 1. The van der Waals surface area contributed by atoms with Crippen molar-refractivity contribution in [2.75, 3.05) is 6.26 Å². The molecular formula is C21H21F8N5O3S. The lowest BCUT2D eigenvalue weighted by atomic mass is 9.67. The number of hydrogen-bond donors (Lipinski definition) is 2. The maximum absolute atomic E-state index is 14.2. The monoisotopic (exact) mass is 575 g/mol. The fourth-order valence-electron chi connectivity index (χ4n) is 4.87. The minimum Gasteiger partial charge on any atom is -0.428 e. The summed E-state index contributed by atoms with van der Waals surface area (Å²) in [5.74, 6) is -8.47. The van der Waals surface area contributed by atoms with Crippen molar-refractivity contribution in [2.24, 2.45) is 16.3 Å². The quantitative estimate of drug-likeness (QED) is 0.393. The predicted octanol–water partition coefficient (Wildman–Crippen LogP) is 4.82. The van der Waals surface area contributed by atoms with Gasteiger partial charge in [-0.2, -0.15) is 36.2 Å². The first-order valence-corrected chi connectivity index (χ1v) is 13.0. The largest absolute Gasteiger partial charge is 0.428 e. The highest BCUT2D eigenvalue weighted by Gasteiger charge is 2.60. The van der Waals surface area contributed by atoms with Crippen LogP contribution in [0.25, 0.3) is 0 Å². The highest BCUT2D eigenvalue weighted by atomic mass is 32.2. The molecule has 0 spiro atoms. The van der Waals surface area contributed by atoms with Crippen molar-refractivity contribution in [2.45, 2.75) is 61.9 Å². The summed E-state index contributed by atoms with van der Waals surface area (Å²) in [5.41, 5.74) is -5.26. The Morgan fingerprint density at radius 3 is 2.34 bits per heavy atom. The molecule has 8 nitrogen and oxygen atoms in total. The molecular weight excluding hydrogens is 554 g/mol. The van der Waals surface area contributed by atoms with E-state index in [2.05, 4.69) is 10.1 Å². The Hall–Kier alpha value is -2.98. The number of nitrogens with zero attached hydrogens (tertiary/aromatic N) is 4. The van der Waals surface area contributed by atoms with E-state index in [0.717, 1.165) is 24.6 Å². The van der Waals surface area contributed by atoms with E-state index >= 15 is 0 Å². The Balaban J connectivity index is 1.88. The summed E-state index contributed by atoms with van der Waals surface area (Å²) in [7, 11) is -3.58. The third-order valence-electron chi connectivity index (χ3n) is 6.44. The number of hydrogen-bond acceptors (Lipinski definition) is 5. The average molecular weight is 575 g/mol. The highest BCUT2D eigenvalue weighted by Crippen LogP contribution is 2.58. The molecule has 2 saturated carbocycles. The Labute approximate surface area is 209 Å². The summed E-state index contributed by atoms with van der Waals surface area (Å²) in [6.07, 6.45) is -10.5. The molecule has 0 aromatic carbocycles. The van der Waals surface area contributed by atoms with Gasteiger partial charge in [-0.1, -0.05) is 6.92 Å². The first kappa shape index (κ1) is 28.0. The molecule has 0 bridgehead atoms. The second-order valence-electron chi connectivity index (χ2n) is 10.1. The smallest absolute Gasteiger partial charge is 0.420 e. The molecule has 0 saturated heterocycles. The van der Waals surface area contributed by atoms with E-state index < -0.39 is 104 Å². The number of halogens is 8. The molecule has 3 atom stereocenters. The van der Waals surface area contributed by atoms with Gasteiger partial charge in [0.15, 0.2) is 5.03 Å². The molecule has 0 aliphatic heterocycles. The van der Waals surface area contributed by atoms with Crippen LogP contribution in [0.3, 0.4) is 0 Å². The number of carbonyl (C=O) groups excluding carboxylic acids is 1. The van der Waals surface area contributed by atoms with Gasteiger partial charge in [0.1, 0.15) is 11.3 Å². The Bertz CT molecular complexity index is 1460. The summed E-state index contributed by atoms with van der Waals surface area (Å²) in [6, 6.07) is 1.77. The van der Waals surface area contributed by atoms with Gasteiger partial charge in [0, 0.05) is 43.8 Å². The minimum atomic E-state index is -5.34. The zero-order valence-electron chi connectivity index (χ0n) is 19.7. The van der Waals surface area contributed by atoms with E-state index in [9.17, 15) is 49.3 Å². The van der Waals surface area contributed by atoms with E-state index in [1.807, 2.05) is 0 Å². The molecule has 2 aliphatic carbocycles. The van der Waals surface area contributed by atoms with E-state index in [0.29, 0.717) is 9.41 Å². The van der Waals surface area contributed by atoms with Gasteiger partial charge in [-0.05, 0) is 17.9 Å². The summed E-state index contributed by atoms with van der Waals surface area (Å²) in [4.78, 5) is 16.7. The third kappa shape index (κ3) is 5.42. The lowest BCUT2D eigenvalue weighted by Crippen LogP contribution is -2.47. The maximum atomic E-state index is 14.2. The van der Waals surface area contributed by atoms with Crippen LogP contribution >= 0.6 is 0 Å². The average Bonchev–Trinajstić information content (AvgIpc) is 3.41. The molecule has 2 aromatic heterocycles. The number of amides is 1. The lowest BCUT2D eigenvalue weighted by Gasteiger charge is -2.44. The molecule has 17 heteroatoms. The summed E-state index contributed by atoms with van der Waals surface area (Å²) >= 11 is 0. The Morgan fingerprint density at radius 2 is 1.87 bits per heavy atom. The van der Waals surface area contributed by atoms with Gasteiger partial charge >= 0.3 is 12.4 Å². The standard InChI is InChI=1S/C21H21F8N5O3S/c1-18(7-19(22,23)8-18)9-33-16(17(35)31-10-3-4-34(36)13(5-10)38(2,30)37)14(21(27,28)29)15(32-33)11-6-12(11)20(24,25)26/h3-5,11-12,30,36H,6-9H2,1-2H3. The van der Waals surface area contributed by atoms with Gasteiger partial charge < -0.3 is 5.21 Å². The van der Waals surface area contributed by atoms with Crippen LogP contribution in [0, 0.1) is 16.1 Å². The number of rotatable bonds is 5. The van der Waals surface area contributed by atoms with Crippen LogP contribution in [0.2, 0.25) is 0 Å². The van der Waals surface area contributed by atoms with Gasteiger partial charge in [0.05, 0.1) is 26.7 Å². The van der Waals surface area contributed by atoms with E-state index in [1.165, 1.54) is 6.92 Å². The van der Waals surface area contributed by atoms with Crippen LogP contribution < -0.4 is 5.36 Å². The van der Waals surface area contributed by atoms with Crippen LogP contribution in [0.15, 0.2) is 28.3 Å². The van der Waals surface area contributed by atoms with Crippen molar-refractivity contribution >= 4 is 15.6 Å². The molecule has 2 heterocycles. The fourth-order valence-corrected chi connectivity index (χ4v) is 5.64. The molecule has 3 unspecified atom stereocenters. The van der Waals surface area contributed by atoms with Crippen LogP contribution in [0.1, 0.15) is 53.8 Å². The normalized spacial score (nSPS) is 24.5. The Morgan fingerprint density at radius 1 is 1.26 bits per heavy atom. The minimum absolute atomic E-state index is 0.296. The highest BCUT2D eigenvalue weighted by molar-refractivity contribution is 7.91. The number of carbonyl (C=O) groups is 1. The second kappa shape index (κ2) is 8.51. The zero-order valence-corrected chi connectivity index (χ0v) is 20.5. The fraction of sp³-hybridized carbons (Fsp3) is 0.571. The van der Waals surface area contributed by atoms with Crippen LogP contribution in [0.4, 0.5) is 35.1 Å². The molecule has 2 fully saturated rings. The predicted molar refractivity (Wildman–Crippen MR) is 113 cm³/mol. The lowest BCUT2D eigenvalue weighted by molar-refractivity contribution is -0.160. The summed E-state index contributed by atoms with van der Waals surface area (Å²) in [5, 5.41) is 12.5. The van der Waals surface area contributed by atoms with Crippen molar-refractivity contribution < 1.29 is 49.3 Å². The van der Waals surface area contributed by atoms with E-state index in [-0.39, 0.29) is 0 Å². The zero-order chi connectivity index (χ0) is 28.6. The number of alkyl halides is 8. The molecule has 4 rings (SSSR count). The van der Waals surface area contributed by atoms with Gasteiger partial charge in [-0.3, -0.25) is 9.48 Å². The van der Waals surface area contributed by atoms with E-state index in [1.54, 1.807) is 0 Å². The molecule has 210 valence electrons. The molecule has 0 radical (unpaired) electrons. The third-order valence-corrected chi connectivity index (χ3v) is 7.55. The second-order valence-corrected chi connectivity index (χ2v) is 12.2. The topological polar surface area (TPSA) is 113 Å². The van der Waals surface area contributed by atoms with Crippen LogP contribution in [-0.2, 0) is 22.5 Å². The van der Waals surface area contributed by atoms with Gasteiger partial charge in [0.2, 0.25) is 5.92 Å². The number of aromatic nitrogens is 3. The summed E-state index contributed by atoms with van der Waals surface area (Å²) < 4.78 is 130. The molecule has 2 N–H and O–H groups in total. The maximum Gasteiger partial charge on any atom is 0.420 e. The Kier molecular flexibility index (Phi) is 6.28. The van der Waals surface area contributed by atoms with Crippen molar-refractivity contribution in [1.29, 1.82) is 4.78 Å². The molecule has 1 amide bonds. The van der Waals surface area contributed by atoms with E-state index in [4.69, 9.17) is 4.78 Å². The number of nitrogens with one attached hydrogen (secondary N) is 1. The molecule has 38 heavy (non-hydrogen) atoms. The summed E-state index contributed by atoms with van der Waals surface area (Å²) in [6.45, 7) is 0.716. The van der Waals surface area contributed by atoms with Crippen molar-refractivity contribution in [3.05, 3.63) is 40.6 Å². The first-order valence-electron chi connectivity index (χ1n) is 11.0. The van der Waals surface area contributed by atoms with Gasteiger partial charge in [0.25, 0.3) is 5.91 Å². The molecule has 2 aliphatic rings.